The number of thioether (sulfide) groups is 1. The zero-order chi connectivity index (χ0) is 11.8. The molecule has 1 N–H and O–H groups in total. The van der Waals surface area contributed by atoms with E-state index in [0.717, 1.165) is 11.6 Å². The predicted octanol–water partition coefficient (Wildman–Crippen LogP) is 0.0376. The molecule has 1 rings (SSSR count). The Morgan fingerprint density at radius 2 is 2.50 bits per heavy atom. The SMILES string of the molecule is COCCN(CCC#N)C(=O)C1CSCN1. The molecule has 0 aromatic carbocycles. The maximum Gasteiger partial charge on any atom is 0.240 e. The van der Waals surface area contributed by atoms with Crippen molar-refractivity contribution < 1.29 is 9.53 Å². The molecule has 1 saturated heterocycles. The summed E-state index contributed by atoms with van der Waals surface area (Å²) in [6.45, 7) is 1.55. The Bertz CT molecular complexity index is 261. The summed E-state index contributed by atoms with van der Waals surface area (Å²) in [7, 11) is 1.61. The molecule has 1 aliphatic heterocycles. The Morgan fingerprint density at radius 1 is 1.69 bits per heavy atom. The maximum absolute atomic E-state index is 12.0. The van der Waals surface area contributed by atoms with Gasteiger partial charge in [-0.25, -0.2) is 0 Å². The number of rotatable bonds is 6. The fourth-order valence-electron chi connectivity index (χ4n) is 1.49. The van der Waals surface area contributed by atoms with E-state index in [0.29, 0.717) is 26.1 Å². The molecule has 1 atom stereocenters. The van der Waals surface area contributed by atoms with Crippen LogP contribution in [0.25, 0.3) is 0 Å². The van der Waals surface area contributed by atoms with E-state index >= 15 is 0 Å². The van der Waals surface area contributed by atoms with Gasteiger partial charge in [-0.1, -0.05) is 0 Å². The summed E-state index contributed by atoms with van der Waals surface area (Å²) in [4.78, 5) is 13.7. The fraction of sp³-hybridized carbons (Fsp3) is 0.800. The predicted molar refractivity (Wildman–Crippen MR) is 62.9 cm³/mol. The standard InChI is InChI=1S/C10H17N3O2S/c1-15-6-5-13(4-2-3-11)10(14)9-7-16-8-12-9/h9,12H,2,4-8H2,1H3. The van der Waals surface area contributed by atoms with Gasteiger partial charge in [0.25, 0.3) is 0 Å². The number of hydrogen-bond acceptors (Lipinski definition) is 5. The van der Waals surface area contributed by atoms with E-state index < -0.39 is 0 Å². The molecule has 0 aromatic heterocycles. The molecule has 0 spiro atoms. The van der Waals surface area contributed by atoms with Crippen LogP contribution in [0.1, 0.15) is 6.42 Å². The number of ether oxygens (including phenoxy) is 1. The molecule has 6 heteroatoms. The number of methoxy groups -OCH3 is 1. The van der Waals surface area contributed by atoms with Gasteiger partial charge in [0.05, 0.1) is 25.1 Å². The van der Waals surface area contributed by atoms with Crippen molar-refractivity contribution in [2.45, 2.75) is 12.5 Å². The molecule has 0 saturated carbocycles. The monoisotopic (exact) mass is 243 g/mol. The third-order valence-corrected chi connectivity index (χ3v) is 3.32. The van der Waals surface area contributed by atoms with Crippen LogP contribution in [0.3, 0.4) is 0 Å². The molecule has 1 fully saturated rings. The lowest BCUT2D eigenvalue weighted by molar-refractivity contribution is -0.133. The maximum atomic E-state index is 12.0. The van der Waals surface area contributed by atoms with Crippen molar-refractivity contribution in [3.8, 4) is 6.07 Å². The summed E-state index contributed by atoms with van der Waals surface area (Å²) in [5.41, 5.74) is 0. The van der Waals surface area contributed by atoms with E-state index in [4.69, 9.17) is 10.00 Å². The first kappa shape index (κ1) is 13.3. The summed E-state index contributed by atoms with van der Waals surface area (Å²) in [6.07, 6.45) is 0.370. The van der Waals surface area contributed by atoms with Crippen LogP contribution in [0, 0.1) is 11.3 Å². The topological polar surface area (TPSA) is 65.4 Å². The highest BCUT2D eigenvalue weighted by molar-refractivity contribution is 7.99. The summed E-state index contributed by atoms with van der Waals surface area (Å²) in [5.74, 6) is 1.72. The van der Waals surface area contributed by atoms with Crippen LogP contribution in [0.15, 0.2) is 0 Å². The lowest BCUT2D eigenvalue weighted by atomic mass is 10.2. The van der Waals surface area contributed by atoms with Crippen molar-refractivity contribution in [2.24, 2.45) is 0 Å². The van der Waals surface area contributed by atoms with Gasteiger partial charge >= 0.3 is 0 Å². The van der Waals surface area contributed by atoms with Crippen molar-refractivity contribution in [1.82, 2.24) is 10.2 Å². The number of nitriles is 1. The number of carbonyl (C=O) groups excluding carboxylic acids is 1. The molecule has 16 heavy (non-hydrogen) atoms. The number of amides is 1. The first-order chi connectivity index (χ1) is 7.79. The Balaban J connectivity index is 2.45. The first-order valence-electron chi connectivity index (χ1n) is 5.25. The Labute approximate surface area is 100 Å². The molecule has 1 heterocycles. The minimum absolute atomic E-state index is 0.0808. The highest BCUT2D eigenvalue weighted by Crippen LogP contribution is 2.12. The van der Waals surface area contributed by atoms with Crippen molar-refractivity contribution >= 4 is 17.7 Å². The van der Waals surface area contributed by atoms with Gasteiger partial charge in [-0.2, -0.15) is 5.26 Å². The van der Waals surface area contributed by atoms with E-state index in [2.05, 4.69) is 11.4 Å². The summed E-state index contributed by atoms with van der Waals surface area (Å²) < 4.78 is 4.96. The molecule has 90 valence electrons. The molecule has 0 bridgehead atoms. The lowest BCUT2D eigenvalue weighted by Crippen LogP contribution is -2.46. The molecule has 1 amide bonds. The van der Waals surface area contributed by atoms with Gasteiger partial charge in [0.15, 0.2) is 0 Å². The second kappa shape index (κ2) is 7.49. The van der Waals surface area contributed by atoms with Crippen LogP contribution in [0.2, 0.25) is 0 Å². The quantitative estimate of drug-likeness (QED) is 0.713. The second-order valence-corrected chi connectivity index (χ2v) is 4.53. The highest BCUT2D eigenvalue weighted by atomic mass is 32.2. The van der Waals surface area contributed by atoms with Crippen molar-refractivity contribution in [1.29, 1.82) is 5.26 Å². The van der Waals surface area contributed by atoms with Crippen LogP contribution in [0.5, 0.6) is 0 Å². The molecule has 1 aliphatic rings. The van der Waals surface area contributed by atoms with E-state index in [1.807, 2.05) is 0 Å². The summed E-state index contributed by atoms with van der Waals surface area (Å²) >= 11 is 1.72. The number of hydrogen-bond donors (Lipinski definition) is 1. The van der Waals surface area contributed by atoms with Gasteiger partial charge < -0.3 is 9.64 Å². The number of nitrogens with one attached hydrogen (secondary N) is 1. The Hall–Kier alpha value is -0.770. The van der Waals surface area contributed by atoms with E-state index in [1.54, 1.807) is 23.8 Å². The Kier molecular flexibility index (Phi) is 6.23. The molecule has 0 radical (unpaired) electrons. The van der Waals surface area contributed by atoms with E-state index in [-0.39, 0.29) is 11.9 Å². The zero-order valence-electron chi connectivity index (χ0n) is 9.44. The number of nitrogens with zero attached hydrogens (tertiary/aromatic N) is 2. The van der Waals surface area contributed by atoms with Crippen molar-refractivity contribution in [3.05, 3.63) is 0 Å². The molecule has 1 unspecified atom stereocenters. The van der Waals surface area contributed by atoms with Crippen LogP contribution < -0.4 is 5.32 Å². The van der Waals surface area contributed by atoms with Gasteiger partial charge in [-0.3, -0.25) is 10.1 Å². The summed E-state index contributed by atoms with van der Waals surface area (Å²) in [6, 6.07) is 1.96. The van der Waals surface area contributed by atoms with Crippen molar-refractivity contribution in [3.63, 3.8) is 0 Å². The molecule has 0 aliphatic carbocycles. The normalized spacial score (nSPS) is 19.4. The third-order valence-electron chi connectivity index (χ3n) is 2.38. The fourth-order valence-corrected chi connectivity index (χ4v) is 2.43. The largest absolute Gasteiger partial charge is 0.383 e. The van der Waals surface area contributed by atoms with Crippen molar-refractivity contribution in [2.75, 3.05) is 38.4 Å². The van der Waals surface area contributed by atoms with Crippen LogP contribution >= 0.6 is 11.8 Å². The minimum atomic E-state index is -0.0967. The number of carbonyl (C=O) groups is 1. The van der Waals surface area contributed by atoms with Gasteiger partial charge in [0, 0.05) is 31.8 Å². The van der Waals surface area contributed by atoms with E-state index in [9.17, 15) is 4.79 Å². The average Bonchev–Trinajstić information content (AvgIpc) is 2.82. The molecule has 5 nitrogen and oxygen atoms in total. The molecular formula is C10H17N3O2S. The third kappa shape index (κ3) is 4.00. The van der Waals surface area contributed by atoms with Gasteiger partial charge in [0.2, 0.25) is 5.91 Å². The van der Waals surface area contributed by atoms with E-state index in [1.165, 1.54) is 0 Å². The minimum Gasteiger partial charge on any atom is -0.383 e. The van der Waals surface area contributed by atoms with Gasteiger partial charge in [-0.05, 0) is 0 Å². The smallest absolute Gasteiger partial charge is 0.240 e. The zero-order valence-corrected chi connectivity index (χ0v) is 10.3. The van der Waals surface area contributed by atoms with Crippen LogP contribution in [-0.4, -0.2) is 55.3 Å². The molecule has 0 aromatic rings. The second-order valence-electron chi connectivity index (χ2n) is 3.50. The Morgan fingerprint density at radius 3 is 3.06 bits per heavy atom. The summed E-state index contributed by atoms with van der Waals surface area (Å²) in [5, 5.41) is 11.7. The highest BCUT2D eigenvalue weighted by Gasteiger charge is 2.26. The van der Waals surface area contributed by atoms with Gasteiger partial charge in [0.1, 0.15) is 0 Å². The lowest BCUT2D eigenvalue weighted by Gasteiger charge is -2.24. The van der Waals surface area contributed by atoms with Crippen LogP contribution in [-0.2, 0) is 9.53 Å². The first-order valence-corrected chi connectivity index (χ1v) is 6.41. The van der Waals surface area contributed by atoms with Gasteiger partial charge in [-0.15, -0.1) is 11.8 Å². The van der Waals surface area contributed by atoms with Crippen LogP contribution in [0.4, 0.5) is 0 Å². The molecular weight excluding hydrogens is 226 g/mol. The average molecular weight is 243 g/mol.